The summed E-state index contributed by atoms with van der Waals surface area (Å²) in [7, 11) is 0. The molecule has 0 atom stereocenters. The Morgan fingerprint density at radius 3 is 1.79 bits per heavy atom. The zero-order valence-corrected chi connectivity index (χ0v) is 12.8. The van der Waals surface area contributed by atoms with E-state index in [0.717, 1.165) is 0 Å². The van der Waals surface area contributed by atoms with Crippen LogP contribution in [0.2, 0.25) is 0 Å². The molecule has 5 nitrogen and oxygen atoms in total. The second-order valence-corrected chi connectivity index (χ2v) is 2.48. The van der Waals surface area contributed by atoms with Crippen LogP contribution in [0, 0.1) is 0 Å². The van der Waals surface area contributed by atoms with Gasteiger partial charge in [0, 0.05) is 13.0 Å². The monoisotopic (exact) mass is 334 g/mol. The Labute approximate surface area is 127 Å². The molecule has 84 valence electrons. The van der Waals surface area contributed by atoms with Gasteiger partial charge >= 0.3 is 48.9 Å². The molecule has 0 saturated carbocycles. The molecular formula is C8H20BaO5. The van der Waals surface area contributed by atoms with Crippen molar-refractivity contribution in [1.29, 1.82) is 0 Å². The third-order valence-corrected chi connectivity index (χ3v) is 1.39. The van der Waals surface area contributed by atoms with Crippen LogP contribution in [-0.2, 0) is 9.47 Å². The van der Waals surface area contributed by atoms with Crippen LogP contribution >= 0.6 is 0 Å². The summed E-state index contributed by atoms with van der Waals surface area (Å²) in [6.45, 7) is 0.390. The Morgan fingerprint density at radius 1 is 0.929 bits per heavy atom. The van der Waals surface area contributed by atoms with Crippen LogP contribution in [0.1, 0.15) is 15.7 Å². The normalized spacial score (nSPS) is 10.3. The standard InChI is InChI=1S/C8H18O5.Ba.2H/c9-3-1-2-8(12-6-4-10)13-7-5-11;;;/h8-11H,1-7H2;;;/q;+2;2*-1. The van der Waals surface area contributed by atoms with E-state index in [0.29, 0.717) is 12.8 Å². The van der Waals surface area contributed by atoms with Crippen LogP contribution in [0.3, 0.4) is 0 Å². The Hall–Kier alpha value is 1.37. The smallest absolute Gasteiger partial charge is 1.00 e. The van der Waals surface area contributed by atoms with Gasteiger partial charge in [-0.25, -0.2) is 0 Å². The van der Waals surface area contributed by atoms with Gasteiger partial charge < -0.3 is 27.6 Å². The summed E-state index contributed by atoms with van der Waals surface area (Å²) < 4.78 is 10.2. The van der Waals surface area contributed by atoms with Gasteiger partial charge in [-0.3, -0.25) is 0 Å². The summed E-state index contributed by atoms with van der Waals surface area (Å²) >= 11 is 0. The van der Waals surface area contributed by atoms with Gasteiger partial charge in [-0.15, -0.1) is 0 Å². The molecule has 0 aliphatic heterocycles. The average molecular weight is 334 g/mol. The summed E-state index contributed by atoms with van der Waals surface area (Å²) in [6.07, 6.45) is 0.712. The minimum atomic E-state index is -0.438. The molecule has 3 N–H and O–H groups in total. The van der Waals surface area contributed by atoms with Crippen molar-refractivity contribution < 1.29 is 27.6 Å². The van der Waals surface area contributed by atoms with Gasteiger partial charge in [0.05, 0.1) is 26.4 Å². The summed E-state index contributed by atoms with van der Waals surface area (Å²) in [4.78, 5) is 0. The summed E-state index contributed by atoms with van der Waals surface area (Å²) in [5.41, 5.74) is 0. The molecule has 0 unspecified atom stereocenters. The maximum atomic E-state index is 8.56. The molecule has 0 rings (SSSR count). The third-order valence-electron chi connectivity index (χ3n) is 1.39. The maximum absolute atomic E-state index is 8.56. The van der Waals surface area contributed by atoms with Gasteiger partial charge in [0.2, 0.25) is 0 Å². The number of ether oxygens (including phenoxy) is 2. The summed E-state index contributed by atoms with van der Waals surface area (Å²) in [6, 6.07) is 0. The molecule has 0 radical (unpaired) electrons. The van der Waals surface area contributed by atoms with E-state index in [1.165, 1.54) is 0 Å². The second-order valence-electron chi connectivity index (χ2n) is 2.48. The Morgan fingerprint density at radius 2 is 1.43 bits per heavy atom. The molecule has 0 spiro atoms. The van der Waals surface area contributed by atoms with E-state index in [-0.39, 0.29) is 84.8 Å². The third kappa shape index (κ3) is 11.4. The topological polar surface area (TPSA) is 79.2 Å². The van der Waals surface area contributed by atoms with Crippen molar-refractivity contribution in [2.75, 3.05) is 33.0 Å². The zero-order valence-electron chi connectivity index (χ0n) is 10.4. The fourth-order valence-corrected chi connectivity index (χ4v) is 0.841. The van der Waals surface area contributed by atoms with E-state index < -0.39 is 6.29 Å². The molecule has 0 aromatic rings. The van der Waals surface area contributed by atoms with E-state index in [4.69, 9.17) is 24.8 Å². The predicted octanol–water partition coefficient (Wildman–Crippen LogP) is -1.05. The van der Waals surface area contributed by atoms with Crippen LogP contribution in [0.4, 0.5) is 0 Å². The molecule has 0 heterocycles. The molecule has 0 amide bonds. The molecule has 0 saturated heterocycles. The summed E-state index contributed by atoms with van der Waals surface area (Å²) in [5, 5.41) is 25.5. The molecule has 14 heavy (non-hydrogen) atoms. The molecule has 0 aromatic carbocycles. The van der Waals surface area contributed by atoms with E-state index in [9.17, 15) is 0 Å². The van der Waals surface area contributed by atoms with E-state index in [1.54, 1.807) is 0 Å². The summed E-state index contributed by atoms with van der Waals surface area (Å²) in [5.74, 6) is 0. The molecule has 6 heteroatoms. The minimum absolute atomic E-state index is 0. The van der Waals surface area contributed by atoms with Crippen LogP contribution in [0.15, 0.2) is 0 Å². The number of rotatable bonds is 9. The van der Waals surface area contributed by atoms with Crippen LogP contribution in [0.25, 0.3) is 0 Å². The Kier molecular flexibility index (Phi) is 18.2. The largest absolute Gasteiger partial charge is 2.00 e. The Bertz CT molecular complexity index is 93.4. The van der Waals surface area contributed by atoms with Crippen molar-refractivity contribution in [1.82, 2.24) is 0 Å². The minimum Gasteiger partial charge on any atom is -1.00 e. The van der Waals surface area contributed by atoms with Crippen LogP contribution < -0.4 is 0 Å². The van der Waals surface area contributed by atoms with Crippen LogP contribution in [-0.4, -0.2) is 104 Å². The number of aliphatic hydroxyl groups is 3. The van der Waals surface area contributed by atoms with Gasteiger partial charge in [-0.2, -0.15) is 0 Å². The SMILES string of the molecule is OCCCC(OCCO)OCCO.[Ba+2].[H-].[H-]. The van der Waals surface area contributed by atoms with Crippen molar-refractivity contribution in [3.63, 3.8) is 0 Å². The molecule has 0 aliphatic carbocycles. The first-order valence-electron chi connectivity index (χ1n) is 4.41. The van der Waals surface area contributed by atoms with Gasteiger partial charge in [0.15, 0.2) is 6.29 Å². The number of hydrogen-bond donors (Lipinski definition) is 3. The average Bonchev–Trinajstić information content (AvgIpc) is 2.17. The first kappa shape index (κ1) is 17.8. The Balaban J connectivity index is -0.000000240. The predicted molar refractivity (Wildman–Crippen MR) is 54.2 cm³/mol. The molecule has 0 bridgehead atoms. The molecule has 0 fully saturated rings. The van der Waals surface area contributed by atoms with E-state index in [1.807, 2.05) is 0 Å². The van der Waals surface area contributed by atoms with Crippen molar-refractivity contribution in [3.05, 3.63) is 0 Å². The van der Waals surface area contributed by atoms with Crippen molar-refractivity contribution in [2.45, 2.75) is 19.1 Å². The molecule has 0 aliphatic rings. The van der Waals surface area contributed by atoms with Crippen LogP contribution in [0.5, 0.6) is 0 Å². The molecular weight excluding hydrogens is 313 g/mol. The van der Waals surface area contributed by atoms with E-state index in [2.05, 4.69) is 0 Å². The van der Waals surface area contributed by atoms with Crippen molar-refractivity contribution in [2.24, 2.45) is 0 Å². The van der Waals surface area contributed by atoms with Gasteiger partial charge in [-0.05, 0) is 6.42 Å². The number of aliphatic hydroxyl groups excluding tert-OH is 3. The molecule has 0 aromatic heterocycles. The van der Waals surface area contributed by atoms with Gasteiger partial charge in [-0.1, -0.05) is 0 Å². The second kappa shape index (κ2) is 14.4. The first-order valence-corrected chi connectivity index (χ1v) is 4.41. The van der Waals surface area contributed by atoms with E-state index >= 15 is 0 Å². The number of hydrogen-bond acceptors (Lipinski definition) is 5. The van der Waals surface area contributed by atoms with Crippen molar-refractivity contribution in [3.8, 4) is 0 Å². The van der Waals surface area contributed by atoms with Crippen molar-refractivity contribution >= 4 is 48.9 Å². The maximum Gasteiger partial charge on any atom is 2.00 e. The quantitative estimate of drug-likeness (QED) is 0.371. The fourth-order valence-electron chi connectivity index (χ4n) is 0.841. The van der Waals surface area contributed by atoms with Gasteiger partial charge in [0.1, 0.15) is 0 Å². The zero-order chi connectivity index (χ0) is 9.94. The van der Waals surface area contributed by atoms with Gasteiger partial charge in [0.25, 0.3) is 0 Å². The fraction of sp³-hybridized carbons (Fsp3) is 1.00. The first-order chi connectivity index (χ1) is 6.35.